The van der Waals surface area contributed by atoms with Crippen LogP contribution in [0.15, 0.2) is 0 Å². The number of aldehydes is 1. The minimum atomic E-state index is -0.0252. The van der Waals surface area contributed by atoms with Crippen LogP contribution in [-0.2, 0) is 14.3 Å². The Hall–Kier alpha value is -0.900. The van der Waals surface area contributed by atoms with Crippen LogP contribution in [-0.4, -0.2) is 32.5 Å². The summed E-state index contributed by atoms with van der Waals surface area (Å²) in [4.78, 5) is 20.8. The molecule has 0 radical (unpaired) electrons. The minimum absolute atomic E-state index is 0.0252. The zero-order valence-electron chi connectivity index (χ0n) is 7.34. The second-order valence-corrected chi connectivity index (χ2v) is 2.40. The molecule has 12 heavy (non-hydrogen) atoms. The van der Waals surface area contributed by atoms with Gasteiger partial charge in [0.1, 0.15) is 6.29 Å². The molecule has 0 aliphatic carbocycles. The lowest BCUT2D eigenvalue weighted by atomic mass is 10.3. The maximum Gasteiger partial charge on any atom is 0.222 e. The molecule has 0 fully saturated rings. The van der Waals surface area contributed by atoms with Gasteiger partial charge in [0.2, 0.25) is 5.91 Å². The van der Waals surface area contributed by atoms with Crippen molar-refractivity contribution in [3.63, 3.8) is 0 Å². The molecule has 0 saturated heterocycles. The lowest BCUT2D eigenvalue weighted by Crippen LogP contribution is -2.25. The first kappa shape index (κ1) is 11.1. The van der Waals surface area contributed by atoms with Crippen LogP contribution in [0.4, 0.5) is 0 Å². The normalized spacial score (nSPS) is 9.42. The predicted octanol–water partition coefficient (Wildman–Crippen LogP) is 0.118. The molecule has 0 heterocycles. The van der Waals surface area contributed by atoms with Gasteiger partial charge in [-0.05, 0) is 6.42 Å². The van der Waals surface area contributed by atoms with E-state index >= 15 is 0 Å². The molecule has 0 rings (SSSR count). The van der Waals surface area contributed by atoms with Crippen molar-refractivity contribution in [2.75, 3.05) is 20.3 Å². The van der Waals surface area contributed by atoms with Crippen LogP contribution in [0.5, 0.6) is 0 Å². The number of hydrogen-bond acceptors (Lipinski definition) is 3. The number of carbonyl (C=O) groups is 2. The maximum atomic E-state index is 10.9. The van der Waals surface area contributed by atoms with E-state index in [0.717, 1.165) is 6.29 Å². The van der Waals surface area contributed by atoms with Crippen molar-refractivity contribution in [3.05, 3.63) is 0 Å². The quantitative estimate of drug-likeness (QED) is 0.439. The molecule has 0 bridgehead atoms. The molecule has 0 aliphatic heterocycles. The fraction of sp³-hybridized carbons (Fsp3) is 0.750. The molecule has 1 amide bonds. The van der Waals surface area contributed by atoms with Gasteiger partial charge in [0.15, 0.2) is 0 Å². The number of unbranched alkanes of at least 4 members (excludes halogenated alkanes) is 1. The Balaban J connectivity index is 3.13. The van der Waals surface area contributed by atoms with Gasteiger partial charge in [-0.1, -0.05) is 0 Å². The SMILES string of the molecule is COCCC(=O)NCCCC=O. The molecular formula is C8H15NO3. The van der Waals surface area contributed by atoms with E-state index in [2.05, 4.69) is 5.32 Å². The molecule has 0 saturated carbocycles. The van der Waals surface area contributed by atoms with E-state index in [1.807, 2.05) is 0 Å². The summed E-state index contributed by atoms with van der Waals surface area (Å²) in [6.07, 6.45) is 2.45. The van der Waals surface area contributed by atoms with E-state index < -0.39 is 0 Å². The molecule has 4 heteroatoms. The van der Waals surface area contributed by atoms with Crippen LogP contribution in [0, 0.1) is 0 Å². The van der Waals surface area contributed by atoms with Crippen molar-refractivity contribution in [1.82, 2.24) is 5.32 Å². The fourth-order valence-electron chi connectivity index (χ4n) is 0.696. The Morgan fingerprint density at radius 1 is 1.58 bits per heavy atom. The Kier molecular flexibility index (Phi) is 7.58. The van der Waals surface area contributed by atoms with E-state index in [-0.39, 0.29) is 5.91 Å². The molecule has 0 aliphatic rings. The summed E-state index contributed by atoms with van der Waals surface area (Å²) < 4.78 is 4.72. The first-order valence-electron chi connectivity index (χ1n) is 4.00. The molecule has 1 N–H and O–H groups in total. The summed E-state index contributed by atoms with van der Waals surface area (Å²) in [6.45, 7) is 1.01. The average Bonchev–Trinajstić information content (AvgIpc) is 2.09. The number of rotatable bonds is 7. The lowest BCUT2D eigenvalue weighted by molar-refractivity contribution is -0.122. The second-order valence-electron chi connectivity index (χ2n) is 2.40. The molecule has 0 aromatic heterocycles. The lowest BCUT2D eigenvalue weighted by Gasteiger charge is -2.02. The molecule has 0 aromatic carbocycles. The van der Waals surface area contributed by atoms with E-state index in [1.165, 1.54) is 0 Å². The van der Waals surface area contributed by atoms with Crippen molar-refractivity contribution >= 4 is 12.2 Å². The number of carbonyl (C=O) groups excluding carboxylic acids is 2. The van der Waals surface area contributed by atoms with Gasteiger partial charge >= 0.3 is 0 Å². The van der Waals surface area contributed by atoms with Gasteiger partial charge in [-0.3, -0.25) is 4.79 Å². The summed E-state index contributed by atoms with van der Waals surface area (Å²) in [7, 11) is 1.56. The van der Waals surface area contributed by atoms with E-state index in [4.69, 9.17) is 4.74 Å². The van der Waals surface area contributed by atoms with Gasteiger partial charge in [-0.25, -0.2) is 0 Å². The van der Waals surface area contributed by atoms with Crippen molar-refractivity contribution in [3.8, 4) is 0 Å². The minimum Gasteiger partial charge on any atom is -0.384 e. The Morgan fingerprint density at radius 3 is 2.92 bits per heavy atom. The summed E-state index contributed by atoms with van der Waals surface area (Å²) in [5, 5.41) is 2.67. The van der Waals surface area contributed by atoms with Crippen LogP contribution in [0.3, 0.4) is 0 Å². The van der Waals surface area contributed by atoms with Gasteiger partial charge in [-0.15, -0.1) is 0 Å². The van der Waals surface area contributed by atoms with Gasteiger partial charge in [0.25, 0.3) is 0 Å². The summed E-state index contributed by atoms with van der Waals surface area (Å²) >= 11 is 0. The van der Waals surface area contributed by atoms with Crippen molar-refractivity contribution in [2.45, 2.75) is 19.3 Å². The summed E-state index contributed by atoms with van der Waals surface area (Å²) in [6, 6.07) is 0. The molecule has 0 spiro atoms. The summed E-state index contributed by atoms with van der Waals surface area (Å²) in [5.74, 6) is -0.0252. The van der Waals surface area contributed by atoms with Crippen LogP contribution < -0.4 is 5.32 Å². The highest BCUT2D eigenvalue weighted by Gasteiger charge is 1.98. The molecule has 0 atom stereocenters. The van der Waals surface area contributed by atoms with Gasteiger partial charge < -0.3 is 14.8 Å². The largest absolute Gasteiger partial charge is 0.384 e. The standard InChI is InChI=1S/C8H15NO3/c1-12-7-4-8(11)9-5-2-3-6-10/h6H,2-5,7H2,1H3,(H,9,11). The van der Waals surface area contributed by atoms with Gasteiger partial charge in [-0.2, -0.15) is 0 Å². The highest BCUT2D eigenvalue weighted by Crippen LogP contribution is 1.84. The third kappa shape index (κ3) is 7.21. The Labute approximate surface area is 72.3 Å². The molecule has 4 nitrogen and oxygen atoms in total. The number of ether oxygens (including phenoxy) is 1. The van der Waals surface area contributed by atoms with E-state index in [1.54, 1.807) is 7.11 Å². The topological polar surface area (TPSA) is 55.4 Å². The first-order valence-corrected chi connectivity index (χ1v) is 4.00. The van der Waals surface area contributed by atoms with Gasteiger partial charge in [0.05, 0.1) is 6.61 Å². The van der Waals surface area contributed by atoms with Crippen molar-refractivity contribution < 1.29 is 14.3 Å². The zero-order valence-corrected chi connectivity index (χ0v) is 7.34. The second kappa shape index (κ2) is 8.20. The maximum absolute atomic E-state index is 10.9. The number of methoxy groups -OCH3 is 1. The number of amides is 1. The van der Waals surface area contributed by atoms with Gasteiger partial charge in [0, 0.05) is 26.5 Å². The number of hydrogen-bond donors (Lipinski definition) is 1. The molecule has 0 unspecified atom stereocenters. The van der Waals surface area contributed by atoms with Crippen molar-refractivity contribution in [2.24, 2.45) is 0 Å². The summed E-state index contributed by atoms with van der Waals surface area (Å²) in [5.41, 5.74) is 0. The average molecular weight is 173 g/mol. The zero-order chi connectivity index (χ0) is 9.23. The van der Waals surface area contributed by atoms with Crippen LogP contribution >= 0.6 is 0 Å². The third-order valence-electron chi connectivity index (χ3n) is 1.35. The van der Waals surface area contributed by atoms with Crippen LogP contribution in [0.25, 0.3) is 0 Å². The fourth-order valence-corrected chi connectivity index (χ4v) is 0.696. The predicted molar refractivity (Wildman–Crippen MR) is 44.8 cm³/mol. The monoisotopic (exact) mass is 173 g/mol. The van der Waals surface area contributed by atoms with Crippen molar-refractivity contribution in [1.29, 1.82) is 0 Å². The third-order valence-corrected chi connectivity index (χ3v) is 1.35. The molecule has 0 aromatic rings. The highest BCUT2D eigenvalue weighted by atomic mass is 16.5. The van der Waals surface area contributed by atoms with E-state index in [9.17, 15) is 9.59 Å². The molecule has 70 valence electrons. The Morgan fingerprint density at radius 2 is 2.33 bits per heavy atom. The Bertz CT molecular complexity index is 136. The highest BCUT2D eigenvalue weighted by molar-refractivity contribution is 5.75. The number of nitrogens with one attached hydrogen (secondary N) is 1. The van der Waals surface area contributed by atoms with Crippen LogP contribution in [0.1, 0.15) is 19.3 Å². The van der Waals surface area contributed by atoms with Crippen LogP contribution in [0.2, 0.25) is 0 Å². The first-order chi connectivity index (χ1) is 5.81. The van der Waals surface area contributed by atoms with E-state index in [0.29, 0.717) is 32.4 Å². The molecular weight excluding hydrogens is 158 g/mol. The smallest absolute Gasteiger partial charge is 0.222 e.